The van der Waals surface area contributed by atoms with Crippen molar-refractivity contribution in [2.75, 3.05) is 40.3 Å². The van der Waals surface area contributed by atoms with Crippen LogP contribution in [0.5, 0.6) is 23.0 Å². The molecule has 10 nitrogen and oxygen atoms in total. The van der Waals surface area contributed by atoms with E-state index in [4.69, 9.17) is 24.1 Å². The highest BCUT2D eigenvalue weighted by atomic mass is 32.1. The van der Waals surface area contributed by atoms with Crippen LogP contribution in [0, 0.1) is 0 Å². The molecule has 0 saturated carbocycles. The van der Waals surface area contributed by atoms with E-state index < -0.39 is 17.9 Å². The van der Waals surface area contributed by atoms with Crippen LogP contribution < -0.4 is 29.6 Å². The number of rotatable bonds is 11. The van der Waals surface area contributed by atoms with Crippen molar-refractivity contribution in [2.45, 2.75) is 13.0 Å². The van der Waals surface area contributed by atoms with Crippen molar-refractivity contribution in [3.8, 4) is 45.4 Å². The summed E-state index contributed by atoms with van der Waals surface area (Å²) in [5.74, 6) is 0.517. The van der Waals surface area contributed by atoms with Crippen LogP contribution in [0.3, 0.4) is 0 Å². The van der Waals surface area contributed by atoms with Crippen LogP contribution in [0.25, 0.3) is 22.4 Å². The molecule has 1 amide bonds. The summed E-state index contributed by atoms with van der Waals surface area (Å²) in [5.41, 5.74) is 3.55. The van der Waals surface area contributed by atoms with Crippen molar-refractivity contribution in [3.05, 3.63) is 35.7 Å². The molecule has 3 rings (SSSR count). The molecule has 1 atom stereocenters. The summed E-state index contributed by atoms with van der Waals surface area (Å²) in [6.45, 7) is 1.29. The lowest BCUT2D eigenvalue weighted by Gasteiger charge is -2.15. The maximum atomic E-state index is 12.4. The molecule has 1 aromatic heterocycles. The second-order valence-corrected chi connectivity index (χ2v) is 8.02. The Hall–Kier alpha value is -3.83. The summed E-state index contributed by atoms with van der Waals surface area (Å²) < 4.78 is 26.3. The van der Waals surface area contributed by atoms with Gasteiger partial charge in [-0.1, -0.05) is 6.07 Å². The third kappa shape index (κ3) is 5.81. The van der Waals surface area contributed by atoms with Gasteiger partial charge in [-0.3, -0.25) is 14.9 Å². The summed E-state index contributed by atoms with van der Waals surface area (Å²) in [6, 6.07) is 8.18. The van der Waals surface area contributed by atoms with E-state index in [0.717, 1.165) is 16.7 Å². The molecule has 0 aliphatic heterocycles. The average Bonchev–Trinajstić information content (AvgIpc) is 3.36. The Morgan fingerprint density at radius 3 is 2.20 bits per heavy atom. The molecule has 2 aromatic carbocycles. The lowest BCUT2D eigenvalue weighted by molar-refractivity contribution is -0.139. The van der Waals surface area contributed by atoms with Gasteiger partial charge >= 0.3 is 5.97 Å². The van der Waals surface area contributed by atoms with Crippen molar-refractivity contribution in [1.29, 1.82) is 0 Å². The highest BCUT2D eigenvalue weighted by Gasteiger charge is 2.19. The van der Waals surface area contributed by atoms with E-state index in [2.05, 4.69) is 15.0 Å². The minimum Gasteiger partial charge on any atom is -0.495 e. The van der Waals surface area contributed by atoms with E-state index >= 15 is 0 Å². The minimum absolute atomic E-state index is 0.169. The van der Waals surface area contributed by atoms with Crippen LogP contribution in [0.15, 0.2) is 35.7 Å². The van der Waals surface area contributed by atoms with Gasteiger partial charge in [0.25, 0.3) is 0 Å². The number of aromatic nitrogens is 1. The SMILES string of the molecule is COc1ccc(-c2csnc2-c2cc(OC)c(OC)c(OC)c2)cc1NC(=O)CNC(C)C(=O)O. The number of anilines is 1. The number of amides is 1. The van der Waals surface area contributed by atoms with Crippen molar-refractivity contribution < 1.29 is 33.6 Å². The van der Waals surface area contributed by atoms with E-state index in [9.17, 15) is 9.59 Å². The fourth-order valence-electron chi connectivity index (χ4n) is 3.37. The molecule has 0 radical (unpaired) electrons. The number of carbonyl (C=O) groups is 2. The maximum Gasteiger partial charge on any atom is 0.320 e. The van der Waals surface area contributed by atoms with Crippen LogP contribution in [-0.4, -0.2) is 62.4 Å². The zero-order chi connectivity index (χ0) is 25.5. The number of carboxylic acids is 1. The van der Waals surface area contributed by atoms with Crippen molar-refractivity contribution in [3.63, 3.8) is 0 Å². The van der Waals surface area contributed by atoms with Gasteiger partial charge < -0.3 is 29.4 Å². The highest BCUT2D eigenvalue weighted by Crippen LogP contribution is 2.44. The summed E-state index contributed by atoms with van der Waals surface area (Å²) in [7, 11) is 6.14. The van der Waals surface area contributed by atoms with Crippen molar-refractivity contribution >= 4 is 29.1 Å². The molecule has 0 aliphatic carbocycles. The number of carboxylic acid groups (broad SMARTS) is 1. The smallest absolute Gasteiger partial charge is 0.320 e. The van der Waals surface area contributed by atoms with E-state index in [1.54, 1.807) is 33.5 Å². The van der Waals surface area contributed by atoms with Gasteiger partial charge in [-0.25, -0.2) is 0 Å². The third-order valence-corrected chi connectivity index (χ3v) is 5.86. The standard InChI is InChI=1S/C24H27N3O7S/c1-13(24(29)30)25-11-21(28)26-17-8-14(6-7-18(17)31-2)16-12-35-27-22(16)15-9-19(32-3)23(34-5)20(10-15)33-4/h6-10,12-13,25H,11H2,1-5H3,(H,26,28)(H,29,30). The Bertz CT molecular complexity index is 1190. The van der Waals surface area contributed by atoms with E-state index in [-0.39, 0.29) is 6.54 Å². The molecule has 0 aliphatic rings. The average molecular weight is 502 g/mol. The monoisotopic (exact) mass is 501 g/mol. The quantitative estimate of drug-likeness (QED) is 0.361. The molecule has 1 unspecified atom stereocenters. The molecule has 3 aromatic rings. The number of benzene rings is 2. The number of carbonyl (C=O) groups excluding carboxylic acids is 1. The van der Waals surface area contributed by atoms with Crippen LogP contribution in [0.4, 0.5) is 5.69 Å². The van der Waals surface area contributed by atoms with Crippen LogP contribution in [0.1, 0.15) is 6.92 Å². The number of hydrogen-bond donors (Lipinski definition) is 3. The van der Waals surface area contributed by atoms with Gasteiger partial charge in [0.15, 0.2) is 11.5 Å². The fourth-order valence-corrected chi connectivity index (χ4v) is 4.08. The largest absolute Gasteiger partial charge is 0.495 e. The molecular weight excluding hydrogens is 474 g/mol. The van der Waals surface area contributed by atoms with Gasteiger partial charge in [0.05, 0.1) is 46.4 Å². The number of methoxy groups -OCH3 is 4. The van der Waals surface area contributed by atoms with Gasteiger partial charge in [0.1, 0.15) is 11.8 Å². The van der Waals surface area contributed by atoms with Crippen molar-refractivity contribution in [2.24, 2.45) is 0 Å². The topological polar surface area (TPSA) is 128 Å². The Kier molecular flexibility index (Phi) is 8.50. The van der Waals surface area contributed by atoms with Gasteiger partial charge in [-0.2, -0.15) is 4.37 Å². The van der Waals surface area contributed by atoms with Gasteiger partial charge in [-0.05, 0) is 48.3 Å². The number of nitrogens with one attached hydrogen (secondary N) is 2. The van der Waals surface area contributed by atoms with Crippen LogP contribution in [0.2, 0.25) is 0 Å². The lowest BCUT2D eigenvalue weighted by atomic mass is 10.0. The molecular formula is C24H27N3O7S. The Balaban J connectivity index is 1.95. The lowest BCUT2D eigenvalue weighted by Crippen LogP contribution is -2.39. The molecule has 186 valence electrons. The zero-order valence-electron chi connectivity index (χ0n) is 20.0. The van der Waals surface area contributed by atoms with E-state index in [1.807, 2.05) is 23.6 Å². The third-order valence-electron chi connectivity index (χ3n) is 5.23. The van der Waals surface area contributed by atoms with Gasteiger partial charge in [0, 0.05) is 16.5 Å². The van der Waals surface area contributed by atoms with Gasteiger partial charge in [0.2, 0.25) is 11.7 Å². The molecule has 0 saturated heterocycles. The molecule has 0 fully saturated rings. The summed E-state index contributed by atoms with van der Waals surface area (Å²) >= 11 is 1.29. The molecule has 3 N–H and O–H groups in total. The highest BCUT2D eigenvalue weighted by molar-refractivity contribution is 7.04. The second kappa shape index (κ2) is 11.5. The van der Waals surface area contributed by atoms with Crippen LogP contribution in [-0.2, 0) is 9.59 Å². The summed E-state index contributed by atoms with van der Waals surface area (Å²) in [6.07, 6.45) is 0. The second-order valence-electron chi connectivity index (χ2n) is 7.39. The van der Waals surface area contributed by atoms with E-state index in [1.165, 1.54) is 25.6 Å². The molecule has 1 heterocycles. The molecule has 0 bridgehead atoms. The first-order valence-electron chi connectivity index (χ1n) is 10.5. The summed E-state index contributed by atoms with van der Waals surface area (Å²) in [4.78, 5) is 23.4. The Morgan fingerprint density at radius 1 is 0.971 bits per heavy atom. The maximum absolute atomic E-state index is 12.4. The van der Waals surface area contributed by atoms with E-state index in [0.29, 0.717) is 34.4 Å². The first-order valence-corrected chi connectivity index (χ1v) is 11.4. The first-order chi connectivity index (χ1) is 16.8. The number of aliphatic carboxylic acids is 1. The summed E-state index contributed by atoms with van der Waals surface area (Å²) in [5, 5.41) is 16.3. The normalized spacial score (nSPS) is 11.5. The Labute approximate surface area is 207 Å². The zero-order valence-corrected chi connectivity index (χ0v) is 20.8. The predicted octanol–water partition coefficient (Wildman–Crippen LogP) is 3.51. The van der Waals surface area contributed by atoms with Crippen molar-refractivity contribution in [1.82, 2.24) is 9.69 Å². The number of hydrogen-bond acceptors (Lipinski definition) is 9. The molecule has 35 heavy (non-hydrogen) atoms. The first kappa shape index (κ1) is 25.8. The van der Waals surface area contributed by atoms with Gasteiger partial charge in [-0.15, -0.1) is 0 Å². The molecule has 0 spiro atoms. The number of nitrogens with zero attached hydrogens (tertiary/aromatic N) is 1. The number of ether oxygens (including phenoxy) is 4. The fraction of sp³-hybridized carbons (Fsp3) is 0.292. The minimum atomic E-state index is -1.04. The van der Waals surface area contributed by atoms with Crippen LogP contribution >= 0.6 is 11.5 Å². The Morgan fingerprint density at radius 2 is 1.63 bits per heavy atom. The predicted molar refractivity (Wildman–Crippen MR) is 133 cm³/mol. The molecule has 11 heteroatoms.